The molecule has 1 aromatic carbocycles. The minimum absolute atomic E-state index is 0.131. The van der Waals surface area contributed by atoms with Crippen molar-refractivity contribution < 1.29 is 9.13 Å². The molecule has 1 aliphatic heterocycles. The summed E-state index contributed by atoms with van der Waals surface area (Å²) in [6, 6.07) is 4.35. The van der Waals surface area contributed by atoms with Gasteiger partial charge in [-0.3, -0.25) is 0 Å². The molecule has 0 amide bonds. The Balaban J connectivity index is 1.97. The molecule has 1 unspecified atom stereocenters. The molecule has 0 saturated heterocycles. The van der Waals surface area contributed by atoms with Gasteiger partial charge in [0.15, 0.2) is 6.10 Å². The van der Waals surface area contributed by atoms with Crippen LogP contribution in [0.5, 0.6) is 5.75 Å². The van der Waals surface area contributed by atoms with Crippen LogP contribution in [-0.4, -0.2) is 4.98 Å². The average molecular weight is 250 g/mol. The van der Waals surface area contributed by atoms with Crippen molar-refractivity contribution >= 4 is 11.3 Å². The zero-order valence-corrected chi connectivity index (χ0v) is 9.78. The Morgan fingerprint density at radius 1 is 1.47 bits per heavy atom. The van der Waals surface area contributed by atoms with Gasteiger partial charge >= 0.3 is 0 Å². The number of hydrogen-bond acceptors (Lipinski definition) is 4. The highest BCUT2D eigenvalue weighted by Crippen LogP contribution is 2.40. The third-order valence-corrected chi connectivity index (χ3v) is 3.71. The highest BCUT2D eigenvalue weighted by atomic mass is 32.1. The number of thiazole rings is 1. The molecular formula is C12H11FN2OS. The molecule has 3 rings (SSSR count). The number of ether oxygens (including phenoxy) is 1. The van der Waals surface area contributed by atoms with E-state index in [1.54, 1.807) is 12.3 Å². The van der Waals surface area contributed by atoms with Crippen LogP contribution in [0.4, 0.5) is 4.39 Å². The maximum Gasteiger partial charge on any atom is 0.152 e. The van der Waals surface area contributed by atoms with E-state index in [1.807, 2.05) is 5.38 Å². The molecule has 88 valence electrons. The van der Waals surface area contributed by atoms with Gasteiger partial charge in [-0.2, -0.15) is 0 Å². The number of benzene rings is 1. The maximum atomic E-state index is 13.2. The van der Waals surface area contributed by atoms with E-state index >= 15 is 0 Å². The van der Waals surface area contributed by atoms with Crippen molar-refractivity contribution in [2.45, 2.75) is 18.6 Å². The number of rotatable bonds is 1. The Kier molecular flexibility index (Phi) is 2.57. The van der Waals surface area contributed by atoms with Crippen LogP contribution in [0.25, 0.3) is 0 Å². The third kappa shape index (κ3) is 1.92. The monoisotopic (exact) mass is 250 g/mol. The van der Waals surface area contributed by atoms with E-state index in [4.69, 9.17) is 10.5 Å². The number of nitrogens with two attached hydrogens (primary N) is 1. The first-order valence-electron chi connectivity index (χ1n) is 5.35. The number of aromatic nitrogens is 1. The van der Waals surface area contributed by atoms with Gasteiger partial charge < -0.3 is 10.5 Å². The average Bonchev–Trinajstić information content (AvgIpc) is 2.81. The molecule has 0 bridgehead atoms. The van der Waals surface area contributed by atoms with Crippen molar-refractivity contribution in [2.24, 2.45) is 5.73 Å². The van der Waals surface area contributed by atoms with E-state index in [2.05, 4.69) is 4.98 Å². The highest BCUT2D eigenvalue weighted by Gasteiger charge is 2.28. The predicted octanol–water partition coefficient (Wildman–Crippen LogP) is 2.81. The summed E-state index contributed by atoms with van der Waals surface area (Å²) in [5.74, 6) is 0.222. The van der Waals surface area contributed by atoms with E-state index < -0.39 is 0 Å². The molecule has 1 aliphatic rings. The lowest BCUT2D eigenvalue weighted by atomic mass is 9.97. The van der Waals surface area contributed by atoms with E-state index in [9.17, 15) is 4.39 Å². The van der Waals surface area contributed by atoms with Crippen LogP contribution in [0.3, 0.4) is 0 Å². The first kappa shape index (κ1) is 10.7. The molecule has 17 heavy (non-hydrogen) atoms. The molecule has 0 spiro atoms. The normalized spacial score (nSPS) is 22.9. The molecule has 5 heteroatoms. The fourth-order valence-corrected chi connectivity index (χ4v) is 2.70. The van der Waals surface area contributed by atoms with Crippen molar-refractivity contribution in [2.75, 3.05) is 0 Å². The second-order valence-corrected chi connectivity index (χ2v) is 4.93. The van der Waals surface area contributed by atoms with Crippen molar-refractivity contribution in [3.8, 4) is 5.75 Å². The molecule has 0 aliphatic carbocycles. The Morgan fingerprint density at radius 3 is 3.12 bits per heavy atom. The fourth-order valence-electron chi connectivity index (χ4n) is 2.02. The number of hydrogen-bond donors (Lipinski definition) is 1. The van der Waals surface area contributed by atoms with Gasteiger partial charge in [0.05, 0.1) is 0 Å². The maximum absolute atomic E-state index is 13.2. The second-order valence-electron chi connectivity index (χ2n) is 4.00. The van der Waals surface area contributed by atoms with Crippen LogP contribution in [0.15, 0.2) is 29.8 Å². The molecular weight excluding hydrogens is 239 g/mol. The van der Waals surface area contributed by atoms with Crippen molar-refractivity contribution in [1.29, 1.82) is 0 Å². The summed E-state index contributed by atoms with van der Waals surface area (Å²) in [5.41, 5.74) is 6.93. The van der Waals surface area contributed by atoms with Crippen molar-refractivity contribution in [3.05, 3.63) is 46.2 Å². The summed E-state index contributed by atoms with van der Waals surface area (Å²) in [4.78, 5) is 4.21. The van der Waals surface area contributed by atoms with E-state index in [-0.39, 0.29) is 18.0 Å². The summed E-state index contributed by atoms with van der Waals surface area (Å²) in [6.07, 6.45) is 2.24. The van der Waals surface area contributed by atoms with Gasteiger partial charge in [-0.25, -0.2) is 9.37 Å². The van der Waals surface area contributed by atoms with Crippen LogP contribution >= 0.6 is 11.3 Å². The smallest absolute Gasteiger partial charge is 0.152 e. The Labute approximate surface area is 102 Å². The molecule has 1 aromatic heterocycles. The molecule has 2 aromatic rings. The third-order valence-electron chi connectivity index (χ3n) is 2.84. The second kappa shape index (κ2) is 4.09. The van der Waals surface area contributed by atoms with Gasteiger partial charge in [-0.05, 0) is 6.07 Å². The zero-order chi connectivity index (χ0) is 11.8. The standard InChI is InChI=1S/C12H11FN2OS/c13-7-1-2-8-9(14)6-11(16-10(8)5-7)12-15-3-4-17-12/h1-5,9,11H,6,14H2/t9-,11?/m1/s1. The van der Waals surface area contributed by atoms with Gasteiger partial charge in [0.25, 0.3) is 0 Å². The first-order valence-corrected chi connectivity index (χ1v) is 6.23. The van der Waals surface area contributed by atoms with Gasteiger partial charge in [0.2, 0.25) is 0 Å². The van der Waals surface area contributed by atoms with Crippen LogP contribution < -0.4 is 10.5 Å². The summed E-state index contributed by atoms with van der Waals surface area (Å²) < 4.78 is 18.9. The van der Waals surface area contributed by atoms with Crippen LogP contribution in [0.1, 0.15) is 29.1 Å². The lowest BCUT2D eigenvalue weighted by molar-refractivity contribution is 0.160. The highest BCUT2D eigenvalue weighted by molar-refractivity contribution is 7.09. The van der Waals surface area contributed by atoms with Crippen LogP contribution in [-0.2, 0) is 0 Å². The van der Waals surface area contributed by atoms with E-state index in [1.165, 1.54) is 23.5 Å². The van der Waals surface area contributed by atoms with E-state index in [0.717, 1.165) is 10.6 Å². The van der Waals surface area contributed by atoms with Crippen LogP contribution in [0.2, 0.25) is 0 Å². The largest absolute Gasteiger partial charge is 0.483 e. The van der Waals surface area contributed by atoms with Crippen molar-refractivity contribution in [3.63, 3.8) is 0 Å². The summed E-state index contributed by atoms with van der Waals surface area (Å²) in [6.45, 7) is 0. The van der Waals surface area contributed by atoms with Crippen LogP contribution in [0, 0.1) is 5.82 Å². The lowest BCUT2D eigenvalue weighted by Gasteiger charge is -2.29. The molecule has 2 atom stereocenters. The SMILES string of the molecule is N[C@@H]1CC(c2nccs2)Oc2cc(F)ccc21. The number of halogens is 1. The van der Waals surface area contributed by atoms with Gasteiger partial charge in [0.1, 0.15) is 16.6 Å². The Hall–Kier alpha value is -1.46. The molecule has 0 saturated carbocycles. The predicted molar refractivity (Wildman–Crippen MR) is 63.4 cm³/mol. The van der Waals surface area contributed by atoms with Crippen molar-refractivity contribution in [1.82, 2.24) is 4.98 Å². The fraction of sp³-hybridized carbons (Fsp3) is 0.250. The lowest BCUT2D eigenvalue weighted by Crippen LogP contribution is -2.24. The summed E-state index contributed by atoms with van der Waals surface area (Å²) >= 11 is 1.52. The molecule has 2 heterocycles. The first-order chi connectivity index (χ1) is 8.24. The quantitative estimate of drug-likeness (QED) is 0.846. The Bertz CT molecular complexity index is 529. The minimum Gasteiger partial charge on any atom is -0.483 e. The van der Waals surface area contributed by atoms with E-state index in [0.29, 0.717) is 12.2 Å². The van der Waals surface area contributed by atoms with Gasteiger partial charge in [0, 0.05) is 35.7 Å². The Morgan fingerprint density at radius 2 is 2.35 bits per heavy atom. The number of fused-ring (bicyclic) bond motifs is 1. The minimum atomic E-state index is -0.310. The molecule has 0 radical (unpaired) electrons. The summed E-state index contributed by atoms with van der Waals surface area (Å²) in [5, 5.41) is 2.78. The zero-order valence-electron chi connectivity index (χ0n) is 8.97. The molecule has 2 N–H and O–H groups in total. The van der Waals surface area contributed by atoms with Gasteiger partial charge in [-0.15, -0.1) is 11.3 Å². The number of nitrogens with zero attached hydrogens (tertiary/aromatic N) is 1. The summed E-state index contributed by atoms with van der Waals surface area (Å²) in [7, 11) is 0. The topological polar surface area (TPSA) is 48.1 Å². The molecule has 0 fully saturated rings. The van der Waals surface area contributed by atoms with Gasteiger partial charge in [-0.1, -0.05) is 6.07 Å². The molecule has 3 nitrogen and oxygen atoms in total.